The molecule has 0 atom stereocenters. The lowest BCUT2D eigenvalue weighted by molar-refractivity contribution is 0.0751. The third kappa shape index (κ3) is 2.95. The zero-order valence-electron chi connectivity index (χ0n) is 9.94. The molecule has 0 bridgehead atoms. The van der Waals surface area contributed by atoms with Crippen molar-refractivity contribution < 1.29 is 4.79 Å². The van der Waals surface area contributed by atoms with Crippen LogP contribution in [-0.4, -0.2) is 28.9 Å². The maximum atomic E-state index is 12.1. The van der Waals surface area contributed by atoms with E-state index in [-0.39, 0.29) is 5.91 Å². The van der Waals surface area contributed by atoms with Gasteiger partial charge in [-0.15, -0.1) is 0 Å². The Morgan fingerprint density at radius 2 is 2.00 bits per heavy atom. The van der Waals surface area contributed by atoms with Gasteiger partial charge in [-0.1, -0.05) is 13.8 Å². The maximum absolute atomic E-state index is 12.1. The van der Waals surface area contributed by atoms with E-state index in [1.165, 1.54) is 0 Å². The summed E-state index contributed by atoms with van der Waals surface area (Å²) >= 11 is 0. The lowest BCUT2D eigenvalue weighted by Gasteiger charge is -2.21. The van der Waals surface area contributed by atoms with Crippen molar-refractivity contribution >= 4 is 11.6 Å². The van der Waals surface area contributed by atoms with E-state index in [1.807, 2.05) is 0 Å². The Labute approximate surface area is 96.5 Å². The molecular formula is C12H19N3O. The summed E-state index contributed by atoms with van der Waals surface area (Å²) in [7, 11) is 0. The molecule has 1 rings (SSSR count). The Balaban J connectivity index is 2.85. The van der Waals surface area contributed by atoms with Gasteiger partial charge in [0.25, 0.3) is 5.91 Å². The number of pyridine rings is 1. The first-order valence-corrected chi connectivity index (χ1v) is 5.70. The van der Waals surface area contributed by atoms with Crippen LogP contribution in [0.2, 0.25) is 0 Å². The van der Waals surface area contributed by atoms with Crippen molar-refractivity contribution in [2.45, 2.75) is 26.7 Å². The number of hydrogen-bond donors (Lipinski definition) is 1. The summed E-state index contributed by atoms with van der Waals surface area (Å²) < 4.78 is 0. The highest BCUT2D eigenvalue weighted by Gasteiger charge is 2.17. The summed E-state index contributed by atoms with van der Waals surface area (Å²) in [5, 5.41) is 0. The molecule has 4 nitrogen and oxygen atoms in total. The zero-order valence-corrected chi connectivity index (χ0v) is 9.94. The van der Waals surface area contributed by atoms with Crippen molar-refractivity contribution in [2.24, 2.45) is 0 Å². The lowest BCUT2D eigenvalue weighted by atomic mass is 10.2. The summed E-state index contributed by atoms with van der Waals surface area (Å²) in [4.78, 5) is 18.0. The van der Waals surface area contributed by atoms with Crippen molar-refractivity contribution in [3.8, 4) is 0 Å². The van der Waals surface area contributed by atoms with Gasteiger partial charge < -0.3 is 10.6 Å². The van der Waals surface area contributed by atoms with Crippen LogP contribution in [-0.2, 0) is 0 Å². The van der Waals surface area contributed by atoms with Gasteiger partial charge in [0.15, 0.2) is 5.69 Å². The van der Waals surface area contributed by atoms with Gasteiger partial charge in [-0.05, 0) is 25.0 Å². The van der Waals surface area contributed by atoms with Gasteiger partial charge >= 0.3 is 0 Å². The zero-order chi connectivity index (χ0) is 12.0. The smallest absolute Gasteiger partial charge is 0.274 e. The van der Waals surface area contributed by atoms with Gasteiger partial charge in [0.05, 0.1) is 5.69 Å². The Bertz CT molecular complexity index is 346. The minimum atomic E-state index is -0.0678. The third-order valence-electron chi connectivity index (χ3n) is 2.32. The summed E-state index contributed by atoms with van der Waals surface area (Å²) in [5.41, 5.74) is 6.56. The normalized spacial score (nSPS) is 10.1. The molecule has 88 valence electrons. The van der Waals surface area contributed by atoms with Crippen LogP contribution in [0, 0.1) is 0 Å². The number of nitrogens with zero attached hydrogens (tertiary/aromatic N) is 2. The first-order valence-electron chi connectivity index (χ1n) is 5.70. The molecule has 0 aliphatic rings. The molecular weight excluding hydrogens is 202 g/mol. The molecule has 2 N–H and O–H groups in total. The van der Waals surface area contributed by atoms with E-state index in [0.29, 0.717) is 11.4 Å². The van der Waals surface area contributed by atoms with Gasteiger partial charge in [0.1, 0.15) is 0 Å². The van der Waals surface area contributed by atoms with Crippen molar-refractivity contribution in [2.75, 3.05) is 18.8 Å². The average Bonchev–Trinajstić information content (AvgIpc) is 2.28. The summed E-state index contributed by atoms with van der Waals surface area (Å²) in [6, 6.07) is 3.44. The summed E-state index contributed by atoms with van der Waals surface area (Å²) in [6.07, 6.45) is 3.48. The van der Waals surface area contributed by atoms with Gasteiger partial charge in [-0.25, -0.2) is 4.98 Å². The first kappa shape index (κ1) is 12.5. The fourth-order valence-corrected chi connectivity index (χ4v) is 1.60. The molecule has 0 radical (unpaired) electrons. The molecule has 0 aliphatic carbocycles. The Morgan fingerprint density at radius 3 is 2.50 bits per heavy atom. The van der Waals surface area contributed by atoms with Crippen LogP contribution in [0.15, 0.2) is 18.3 Å². The highest BCUT2D eigenvalue weighted by Crippen LogP contribution is 2.11. The number of amides is 1. The number of hydrogen-bond acceptors (Lipinski definition) is 3. The summed E-state index contributed by atoms with van der Waals surface area (Å²) in [5.74, 6) is -0.0678. The van der Waals surface area contributed by atoms with Crippen molar-refractivity contribution in [3.63, 3.8) is 0 Å². The van der Waals surface area contributed by atoms with Crippen LogP contribution in [0.25, 0.3) is 0 Å². The SMILES string of the molecule is CCCN(CCC)C(=O)c1ncccc1N. The quantitative estimate of drug-likeness (QED) is 0.826. The number of carbonyl (C=O) groups is 1. The van der Waals surface area contributed by atoms with Crippen LogP contribution >= 0.6 is 0 Å². The van der Waals surface area contributed by atoms with Crippen molar-refractivity contribution in [3.05, 3.63) is 24.0 Å². The molecule has 0 saturated heterocycles. The van der Waals surface area contributed by atoms with E-state index in [0.717, 1.165) is 25.9 Å². The second-order valence-electron chi connectivity index (χ2n) is 3.73. The van der Waals surface area contributed by atoms with Crippen LogP contribution < -0.4 is 5.73 Å². The Hall–Kier alpha value is -1.58. The van der Waals surface area contributed by atoms with Gasteiger partial charge in [-0.3, -0.25) is 4.79 Å². The Morgan fingerprint density at radius 1 is 1.38 bits per heavy atom. The monoisotopic (exact) mass is 221 g/mol. The number of rotatable bonds is 5. The van der Waals surface area contributed by atoms with E-state index in [1.54, 1.807) is 23.2 Å². The van der Waals surface area contributed by atoms with Crippen LogP contribution in [0.5, 0.6) is 0 Å². The van der Waals surface area contributed by atoms with Crippen LogP contribution in [0.1, 0.15) is 37.2 Å². The molecule has 0 unspecified atom stereocenters. The van der Waals surface area contributed by atoms with Crippen molar-refractivity contribution in [1.29, 1.82) is 0 Å². The minimum absolute atomic E-state index is 0.0678. The highest BCUT2D eigenvalue weighted by atomic mass is 16.2. The largest absolute Gasteiger partial charge is 0.397 e. The molecule has 16 heavy (non-hydrogen) atoms. The maximum Gasteiger partial charge on any atom is 0.274 e. The molecule has 4 heteroatoms. The summed E-state index contributed by atoms with van der Waals surface area (Å²) in [6.45, 7) is 5.61. The van der Waals surface area contributed by atoms with Crippen LogP contribution in [0.4, 0.5) is 5.69 Å². The van der Waals surface area contributed by atoms with Crippen molar-refractivity contribution in [1.82, 2.24) is 9.88 Å². The topological polar surface area (TPSA) is 59.2 Å². The van der Waals surface area contributed by atoms with E-state index >= 15 is 0 Å². The van der Waals surface area contributed by atoms with E-state index in [4.69, 9.17) is 5.73 Å². The molecule has 1 amide bonds. The molecule has 1 heterocycles. The molecule has 0 aliphatic heterocycles. The van der Waals surface area contributed by atoms with Gasteiger partial charge in [0, 0.05) is 19.3 Å². The number of nitrogen functional groups attached to an aromatic ring is 1. The standard InChI is InChI=1S/C12H19N3O/c1-3-8-15(9-4-2)12(16)11-10(13)6-5-7-14-11/h5-7H,3-4,8-9,13H2,1-2H3. The molecule has 0 fully saturated rings. The molecule has 0 saturated carbocycles. The fraction of sp³-hybridized carbons (Fsp3) is 0.500. The average molecular weight is 221 g/mol. The molecule has 1 aromatic rings. The highest BCUT2D eigenvalue weighted by molar-refractivity contribution is 5.97. The fourth-order valence-electron chi connectivity index (χ4n) is 1.60. The van der Waals surface area contributed by atoms with Crippen LogP contribution in [0.3, 0.4) is 0 Å². The van der Waals surface area contributed by atoms with Gasteiger partial charge in [0.2, 0.25) is 0 Å². The predicted molar refractivity (Wildman–Crippen MR) is 65.1 cm³/mol. The third-order valence-corrected chi connectivity index (χ3v) is 2.32. The second kappa shape index (κ2) is 6.10. The first-order chi connectivity index (χ1) is 7.70. The number of nitrogens with two attached hydrogens (primary N) is 1. The van der Waals surface area contributed by atoms with E-state index in [2.05, 4.69) is 18.8 Å². The molecule has 0 spiro atoms. The number of anilines is 1. The molecule has 0 aromatic carbocycles. The number of carbonyl (C=O) groups excluding carboxylic acids is 1. The Kier molecular flexibility index (Phi) is 4.76. The van der Waals surface area contributed by atoms with Gasteiger partial charge in [-0.2, -0.15) is 0 Å². The predicted octanol–water partition coefficient (Wildman–Crippen LogP) is 1.93. The number of aromatic nitrogens is 1. The second-order valence-corrected chi connectivity index (χ2v) is 3.73. The van der Waals surface area contributed by atoms with E-state index in [9.17, 15) is 4.79 Å². The lowest BCUT2D eigenvalue weighted by Crippen LogP contribution is -2.33. The van der Waals surface area contributed by atoms with E-state index < -0.39 is 0 Å². The molecule has 1 aromatic heterocycles. The minimum Gasteiger partial charge on any atom is -0.397 e.